The minimum atomic E-state index is -5.22. The number of carbonyl (C=O) groups is 1. The molecular formula is C28H38N3O11PS. The monoisotopic (exact) mass is 655 g/mol. The van der Waals surface area contributed by atoms with E-state index in [1.165, 1.54) is 24.3 Å². The Kier molecular flexibility index (Phi) is 10.6. The van der Waals surface area contributed by atoms with Crippen molar-refractivity contribution in [2.75, 3.05) is 25.5 Å². The van der Waals surface area contributed by atoms with Gasteiger partial charge in [-0.1, -0.05) is 53.7 Å². The summed E-state index contributed by atoms with van der Waals surface area (Å²) in [5.41, 5.74) is 6.75. The van der Waals surface area contributed by atoms with Crippen molar-refractivity contribution < 1.29 is 51.1 Å². The van der Waals surface area contributed by atoms with Crippen LogP contribution in [0.4, 0.5) is 10.5 Å². The van der Waals surface area contributed by atoms with Crippen LogP contribution in [0.2, 0.25) is 0 Å². The summed E-state index contributed by atoms with van der Waals surface area (Å²) in [6.45, 7) is -0.0540. The lowest BCUT2D eigenvalue weighted by Crippen LogP contribution is -2.52. The molecule has 14 nitrogen and oxygen atoms in total. The maximum Gasteiger partial charge on any atom is 0.469 e. The van der Waals surface area contributed by atoms with Crippen LogP contribution in [-0.4, -0.2) is 79.2 Å². The molecule has 2 aromatic rings. The smallest absolute Gasteiger partial charge is 0.443 e. The molecule has 242 valence electrons. The number of anilines is 1. The van der Waals surface area contributed by atoms with E-state index in [1.807, 2.05) is 0 Å². The highest BCUT2D eigenvalue weighted by Crippen LogP contribution is 2.40. The number of sulfonamides is 1. The third-order valence-electron chi connectivity index (χ3n) is 7.89. The van der Waals surface area contributed by atoms with Crippen LogP contribution in [0, 0.1) is 5.92 Å². The van der Waals surface area contributed by atoms with Gasteiger partial charge in [-0.3, -0.25) is 9.36 Å². The Bertz CT molecular complexity index is 1420. The summed E-state index contributed by atoms with van der Waals surface area (Å²) in [6, 6.07) is 13.3. The number of phosphoric ester groups is 1. The van der Waals surface area contributed by atoms with Gasteiger partial charge in [0.15, 0.2) is 6.29 Å². The number of benzene rings is 2. The fraction of sp³-hybridized carbons (Fsp3) is 0.536. The van der Waals surface area contributed by atoms with Crippen LogP contribution in [0.25, 0.3) is 0 Å². The molecule has 2 aromatic carbocycles. The third kappa shape index (κ3) is 8.56. The predicted octanol–water partition coefficient (Wildman–Crippen LogP) is 2.71. The predicted molar refractivity (Wildman–Crippen MR) is 156 cm³/mol. The van der Waals surface area contributed by atoms with Crippen LogP contribution in [-0.2, 0) is 44.6 Å². The fourth-order valence-electron chi connectivity index (χ4n) is 5.72. The van der Waals surface area contributed by atoms with Crippen LogP contribution in [0.5, 0.6) is 0 Å². The quantitative estimate of drug-likeness (QED) is 0.140. The molecular weight excluding hydrogens is 617 g/mol. The average Bonchev–Trinajstić information content (AvgIpc) is 3.73. The van der Waals surface area contributed by atoms with Gasteiger partial charge < -0.3 is 35.0 Å². The van der Waals surface area contributed by atoms with E-state index in [2.05, 4.69) is 5.32 Å². The molecule has 16 heteroatoms. The number of rotatable bonds is 13. The van der Waals surface area contributed by atoms with Crippen molar-refractivity contribution in [1.82, 2.24) is 9.79 Å². The van der Waals surface area contributed by atoms with E-state index < -0.39 is 61.1 Å². The summed E-state index contributed by atoms with van der Waals surface area (Å²) in [5, 5.41) is 2.67. The van der Waals surface area contributed by atoms with Gasteiger partial charge in [-0.15, -0.1) is 0 Å². The minimum Gasteiger partial charge on any atom is -0.443 e. The molecule has 0 spiro atoms. The van der Waals surface area contributed by atoms with Crippen molar-refractivity contribution in [2.24, 2.45) is 5.92 Å². The van der Waals surface area contributed by atoms with E-state index >= 15 is 0 Å². The Morgan fingerprint density at radius 3 is 2.55 bits per heavy atom. The zero-order valence-electron chi connectivity index (χ0n) is 24.0. The number of ether oxygens (including phenoxy) is 3. The first-order valence-corrected chi connectivity index (χ1v) is 17.5. The van der Waals surface area contributed by atoms with Crippen molar-refractivity contribution in [3.8, 4) is 0 Å². The van der Waals surface area contributed by atoms with Gasteiger partial charge in [0.05, 0.1) is 42.7 Å². The van der Waals surface area contributed by atoms with Gasteiger partial charge in [0.1, 0.15) is 12.2 Å². The van der Waals surface area contributed by atoms with Crippen molar-refractivity contribution in [3.63, 3.8) is 0 Å². The van der Waals surface area contributed by atoms with E-state index in [9.17, 15) is 27.6 Å². The molecule has 5 N–H and O–H groups in total. The summed E-state index contributed by atoms with van der Waals surface area (Å²) in [4.78, 5) is 38.8. The Labute approximate surface area is 256 Å². The molecule has 5 rings (SSSR count). The van der Waals surface area contributed by atoms with Crippen molar-refractivity contribution >= 4 is 29.6 Å². The van der Waals surface area contributed by atoms with Crippen molar-refractivity contribution in [3.05, 3.63) is 60.2 Å². The number of nitrogen functional groups attached to an aromatic ring is 1. The van der Waals surface area contributed by atoms with Gasteiger partial charge in [0.25, 0.3) is 10.0 Å². The number of hydrogen-bond donors (Lipinski definition) is 4. The highest BCUT2D eigenvalue weighted by Gasteiger charge is 2.45. The second-order valence-corrected chi connectivity index (χ2v) is 14.1. The summed E-state index contributed by atoms with van der Waals surface area (Å²) in [7, 11) is -9.62. The topological polar surface area (TPSA) is 196 Å². The van der Waals surface area contributed by atoms with E-state index in [-0.39, 0.29) is 29.5 Å². The molecule has 5 atom stereocenters. The van der Waals surface area contributed by atoms with Gasteiger partial charge in [0.2, 0.25) is 0 Å². The standard InChI is InChI=1S/C28H38N3O11PS/c29-20-9-6-12-22(16-20)44(36,37)31(41-21-10-4-5-11-21)17-25(42-43(33,34)35)24(15-19-7-2-1-3-8-19)30-28(32)40-26-18-39-27-23(26)13-14-38-27/h1-3,6-9,12,16,21,23-27H,4-5,10-11,13-15,17-18,29H2,(H,30,32)(H2,33,34,35)/t23-,24-,25+,26-,27+/m0/s1. The Balaban J connectivity index is 1.44. The molecule has 44 heavy (non-hydrogen) atoms. The summed E-state index contributed by atoms with van der Waals surface area (Å²) >= 11 is 0. The highest BCUT2D eigenvalue weighted by molar-refractivity contribution is 7.89. The maximum atomic E-state index is 13.9. The summed E-state index contributed by atoms with van der Waals surface area (Å²) < 4.78 is 62.6. The second kappa shape index (κ2) is 14.2. The molecule has 2 aliphatic heterocycles. The van der Waals surface area contributed by atoms with Crippen molar-refractivity contribution in [1.29, 1.82) is 0 Å². The number of hydrogen-bond acceptors (Lipinski definition) is 10. The van der Waals surface area contributed by atoms with Crippen LogP contribution in [0.3, 0.4) is 0 Å². The zero-order valence-corrected chi connectivity index (χ0v) is 25.7. The Morgan fingerprint density at radius 1 is 1.09 bits per heavy atom. The molecule has 2 heterocycles. The zero-order chi connectivity index (χ0) is 31.3. The lowest BCUT2D eigenvalue weighted by Gasteiger charge is -2.33. The van der Waals surface area contributed by atoms with E-state index in [0.717, 1.165) is 12.8 Å². The number of nitrogens with one attached hydrogen (secondary N) is 1. The van der Waals surface area contributed by atoms with Crippen LogP contribution >= 0.6 is 7.82 Å². The number of nitrogens with zero attached hydrogens (tertiary/aromatic N) is 1. The largest absolute Gasteiger partial charge is 0.469 e. The lowest BCUT2D eigenvalue weighted by molar-refractivity contribution is -0.144. The molecule has 3 fully saturated rings. The molecule has 3 aliphatic rings. The number of phosphoric acid groups is 1. The first kappa shape index (κ1) is 32.8. The third-order valence-corrected chi connectivity index (χ3v) is 10.1. The fourth-order valence-corrected chi connectivity index (χ4v) is 7.64. The van der Waals surface area contributed by atoms with Gasteiger partial charge in [-0.25, -0.2) is 17.8 Å². The number of alkyl carbamates (subject to hydrolysis) is 1. The maximum absolute atomic E-state index is 13.9. The number of hydroxylamine groups is 1. The van der Waals surface area contributed by atoms with Crippen LogP contribution in [0.15, 0.2) is 59.5 Å². The molecule has 1 aliphatic carbocycles. The van der Waals surface area contributed by atoms with Crippen molar-refractivity contribution in [2.45, 2.75) is 74.1 Å². The number of carbonyl (C=O) groups excluding carboxylic acids is 1. The molecule has 1 amide bonds. The highest BCUT2D eigenvalue weighted by atomic mass is 32.2. The number of nitrogens with two attached hydrogens (primary N) is 1. The number of fused-ring (bicyclic) bond motifs is 1. The van der Waals surface area contributed by atoms with E-state index in [1.54, 1.807) is 30.3 Å². The molecule has 0 bridgehead atoms. The minimum absolute atomic E-state index is 0.0204. The van der Waals surface area contributed by atoms with Crippen LogP contribution in [0.1, 0.15) is 37.7 Å². The van der Waals surface area contributed by atoms with Crippen LogP contribution < -0.4 is 11.1 Å². The molecule has 0 unspecified atom stereocenters. The first-order chi connectivity index (χ1) is 21.0. The number of amides is 1. The normalized spacial score (nSPS) is 23.8. The Hall–Kier alpha value is -2.59. The van der Waals surface area contributed by atoms with Gasteiger partial charge in [0, 0.05) is 5.69 Å². The SMILES string of the molecule is Nc1cccc(S(=O)(=O)N(C[C@@H](OP(=O)(O)O)[C@H](Cc2ccccc2)NC(=O)O[C@H]2CO[C@H]3OCC[C@H]32)OC2CCCC2)c1. The molecule has 1 saturated carbocycles. The Morgan fingerprint density at radius 2 is 1.84 bits per heavy atom. The van der Waals surface area contributed by atoms with E-state index in [4.69, 9.17) is 29.3 Å². The average molecular weight is 656 g/mol. The second-order valence-electron chi connectivity index (χ2n) is 11.1. The van der Waals surface area contributed by atoms with Gasteiger partial charge >= 0.3 is 13.9 Å². The summed E-state index contributed by atoms with van der Waals surface area (Å²) in [6.07, 6.45) is -0.429. The van der Waals surface area contributed by atoms with Gasteiger partial charge in [-0.05, 0) is 49.4 Å². The lowest BCUT2D eigenvalue weighted by atomic mass is 10.0. The molecule has 0 radical (unpaired) electrons. The summed E-state index contributed by atoms with van der Waals surface area (Å²) in [5.74, 6) is -0.144. The van der Waals surface area contributed by atoms with E-state index in [0.29, 0.717) is 35.9 Å². The van der Waals surface area contributed by atoms with Gasteiger partial charge in [-0.2, -0.15) is 0 Å². The first-order valence-electron chi connectivity index (χ1n) is 14.5. The molecule has 0 aromatic heterocycles. The molecule has 2 saturated heterocycles.